The molecule has 10 nitrogen and oxygen atoms in total. The smallest absolute Gasteiger partial charge is 0.344 e. The van der Waals surface area contributed by atoms with E-state index in [2.05, 4.69) is 10.3 Å². The Bertz CT molecular complexity index is 2200. The summed E-state index contributed by atoms with van der Waals surface area (Å²) in [6.45, 7) is 0.237. The van der Waals surface area contributed by atoms with Crippen molar-refractivity contribution in [3.63, 3.8) is 0 Å². The molecule has 7 rings (SSSR count). The number of fused-ring (bicyclic) bond motifs is 3. The van der Waals surface area contributed by atoms with E-state index in [1.54, 1.807) is 71.4 Å². The maximum absolute atomic E-state index is 13.6. The largest absolute Gasteiger partial charge is 0.507 e. The summed E-state index contributed by atoms with van der Waals surface area (Å²) < 4.78 is 18.5. The summed E-state index contributed by atoms with van der Waals surface area (Å²) in [5, 5.41) is 32.0. The van der Waals surface area contributed by atoms with E-state index in [1.165, 1.54) is 7.11 Å². The molecule has 4 aromatic carbocycles. The van der Waals surface area contributed by atoms with E-state index < -0.39 is 17.2 Å². The topological polar surface area (TPSA) is 141 Å². The lowest BCUT2D eigenvalue weighted by Gasteiger charge is -2.21. The van der Waals surface area contributed by atoms with Crippen molar-refractivity contribution < 1.29 is 23.8 Å². The molecule has 0 spiro atoms. The summed E-state index contributed by atoms with van der Waals surface area (Å²) in [6.07, 6.45) is 0. The van der Waals surface area contributed by atoms with Crippen LogP contribution in [0.3, 0.4) is 0 Å². The molecule has 0 amide bonds. The van der Waals surface area contributed by atoms with Gasteiger partial charge in [0.05, 0.1) is 47.0 Å². The SMILES string of the molecule is COc1ccc(C(c2c(O)c3ccccc3oc2=O)c2c(O)c3ccccc3oc2=O)cc1Cn1nnc2ccccc21. The van der Waals surface area contributed by atoms with Gasteiger partial charge in [0.1, 0.15) is 33.9 Å². The number of aromatic hydroxyl groups is 2. The van der Waals surface area contributed by atoms with Gasteiger partial charge in [0.25, 0.3) is 0 Å². The molecule has 0 fully saturated rings. The first-order valence-corrected chi connectivity index (χ1v) is 13.4. The van der Waals surface area contributed by atoms with Gasteiger partial charge in [-0.3, -0.25) is 0 Å². The van der Waals surface area contributed by atoms with E-state index >= 15 is 0 Å². The molecule has 10 heteroatoms. The van der Waals surface area contributed by atoms with Crippen molar-refractivity contribution in [3.05, 3.63) is 134 Å². The maximum Gasteiger partial charge on any atom is 0.344 e. The van der Waals surface area contributed by atoms with Gasteiger partial charge >= 0.3 is 11.3 Å². The van der Waals surface area contributed by atoms with Gasteiger partial charge in [-0.05, 0) is 54.1 Å². The molecular weight excluding hydrogens is 550 g/mol. The van der Waals surface area contributed by atoms with Gasteiger partial charge in [-0.2, -0.15) is 0 Å². The van der Waals surface area contributed by atoms with Crippen LogP contribution in [-0.2, 0) is 6.54 Å². The number of ether oxygens (including phenoxy) is 1. The third-order valence-corrected chi connectivity index (χ3v) is 7.60. The Hall–Kier alpha value is -5.90. The second-order valence-electron chi connectivity index (χ2n) is 10.0. The highest BCUT2D eigenvalue weighted by Crippen LogP contribution is 2.42. The number of rotatable bonds is 6. The Labute approximate surface area is 242 Å². The average molecular weight is 574 g/mol. The van der Waals surface area contributed by atoms with Crippen molar-refractivity contribution in [3.8, 4) is 17.2 Å². The molecule has 212 valence electrons. The van der Waals surface area contributed by atoms with E-state index in [0.717, 1.165) is 5.52 Å². The van der Waals surface area contributed by atoms with Crippen molar-refractivity contribution in [1.29, 1.82) is 0 Å². The Morgan fingerprint density at radius 3 is 2.00 bits per heavy atom. The Morgan fingerprint density at radius 2 is 1.37 bits per heavy atom. The number of hydrogen-bond acceptors (Lipinski definition) is 9. The van der Waals surface area contributed by atoms with Crippen molar-refractivity contribution in [2.24, 2.45) is 0 Å². The van der Waals surface area contributed by atoms with Gasteiger partial charge in [-0.15, -0.1) is 5.10 Å². The van der Waals surface area contributed by atoms with Crippen LogP contribution in [0.5, 0.6) is 17.2 Å². The molecule has 0 atom stereocenters. The minimum absolute atomic E-state index is 0.177. The zero-order valence-electron chi connectivity index (χ0n) is 22.7. The number of nitrogens with zero attached hydrogens (tertiary/aromatic N) is 3. The molecule has 0 radical (unpaired) electrons. The first-order valence-electron chi connectivity index (χ1n) is 13.4. The molecule has 43 heavy (non-hydrogen) atoms. The predicted molar refractivity (Wildman–Crippen MR) is 159 cm³/mol. The third-order valence-electron chi connectivity index (χ3n) is 7.60. The van der Waals surface area contributed by atoms with Gasteiger partial charge in [-0.25, -0.2) is 14.3 Å². The minimum Gasteiger partial charge on any atom is -0.507 e. The van der Waals surface area contributed by atoms with Crippen LogP contribution in [-0.4, -0.2) is 32.3 Å². The van der Waals surface area contributed by atoms with Gasteiger partial charge in [0, 0.05) is 5.56 Å². The summed E-state index contributed by atoms with van der Waals surface area (Å²) in [5.74, 6) is -1.50. The molecule has 0 unspecified atom stereocenters. The fraction of sp³-hybridized carbons (Fsp3) is 0.0909. The van der Waals surface area contributed by atoms with E-state index in [0.29, 0.717) is 22.4 Å². The molecular formula is C33H23N3O7. The van der Waals surface area contributed by atoms with E-state index in [9.17, 15) is 19.8 Å². The van der Waals surface area contributed by atoms with E-state index in [1.807, 2.05) is 24.3 Å². The Morgan fingerprint density at radius 1 is 0.791 bits per heavy atom. The standard InChI is InChI=1S/C33H23N3O7/c1-41-24-15-14-18(16-19(24)17-36-23-11-5-4-10-22(23)34-35-36)27(28-30(37)20-8-2-6-12-25(20)42-32(28)39)29-31(38)21-9-3-7-13-26(21)43-33(29)40/h2-16,27,37-38H,17H2,1H3. The van der Waals surface area contributed by atoms with Gasteiger partial charge in [-0.1, -0.05) is 47.7 Å². The van der Waals surface area contributed by atoms with Crippen molar-refractivity contribution in [1.82, 2.24) is 15.0 Å². The number of para-hydroxylation sites is 3. The highest BCUT2D eigenvalue weighted by molar-refractivity contribution is 5.87. The summed E-state index contributed by atoms with van der Waals surface area (Å²) in [7, 11) is 1.53. The first kappa shape index (κ1) is 26.0. The van der Waals surface area contributed by atoms with Crippen LogP contribution in [0, 0.1) is 0 Å². The Balaban J connectivity index is 1.50. The van der Waals surface area contributed by atoms with Crippen LogP contribution in [0.1, 0.15) is 28.2 Å². The third kappa shape index (κ3) is 4.27. The molecule has 0 saturated heterocycles. The lowest BCUT2D eigenvalue weighted by Crippen LogP contribution is -2.21. The van der Waals surface area contributed by atoms with Crippen molar-refractivity contribution in [2.45, 2.75) is 12.5 Å². The highest BCUT2D eigenvalue weighted by Gasteiger charge is 2.33. The van der Waals surface area contributed by atoms with Gasteiger partial charge in [0.15, 0.2) is 0 Å². The number of aromatic nitrogens is 3. The quantitative estimate of drug-likeness (QED) is 0.254. The second-order valence-corrected chi connectivity index (χ2v) is 10.0. The van der Waals surface area contributed by atoms with E-state index in [-0.39, 0.29) is 51.1 Å². The number of hydrogen-bond donors (Lipinski definition) is 2. The van der Waals surface area contributed by atoms with Crippen molar-refractivity contribution >= 4 is 33.0 Å². The molecule has 0 aliphatic rings. The molecule has 2 N–H and O–H groups in total. The average Bonchev–Trinajstić information content (AvgIpc) is 3.43. The zero-order valence-corrected chi connectivity index (χ0v) is 22.7. The molecule has 0 aliphatic heterocycles. The van der Waals surface area contributed by atoms with Crippen LogP contribution in [0.2, 0.25) is 0 Å². The molecule has 3 heterocycles. The van der Waals surface area contributed by atoms with E-state index in [4.69, 9.17) is 13.6 Å². The van der Waals surface area contributed by atoms with Crippen LogP contribution in [0.15, 0.2) is 109 Å². The first-order chi connectivity index (χ1) is 20.9. The zero-order chi connectivity index (χ0) is 29.7. The highest BCUT2D eigenvalue weighted by atomic mass is 16.5. The summed E-state index contributed by atoms with van der Waals surface area (Å²) in [6, 6.07) is 25.7. The molecule has 0 bridgehead atoms. The van der Waals surface area contributed by atoms with Crippen LogP contribution in [0.4, 0.5) is 0 Å². The molecule has 0 aliphatic carbocycles. The van der Waals surface area contributed by atoms with Crippen LogP contribution < -0.4 is 16.0 Å². The fourth-order valence-electron chi connectivity index (χ4n) is 5.58. The lowest BCUT2D eigenvalue weighted by molar-refractivity contribution is 0.407. The van der Waals surface area contributed by atoms with Gasteiger partial charge in [0.2, 0.25) is 0 Å². The van der Waals surface area contributed by atoms with Gasteiger partial charge < -0.3 is 23.8 Å². The lowest BCUT2D eigenvalue weighted by atomic mass is 9.84. The normalized spacial score (nSPS) is 11.6. The molecule has 3 aromatic heterocycles. The summed E-state index contributed by atoms with van der Waals surface area (Å²) in [5.41, 5.74) is 0.732. The molecule has 7 aromatic rings. The summed E-state index contributed by atoms with van der Waals surface area (Å²) in [4.78, 5) is 27.1. The van der Waals surface area contributed by atoms with Crippen LogP contribution in [0.25, 0.3) is 33.0 Å². The maximum atomic E-state index is 13.6. The monoisotopic (exact) mass is 573 g/mol. The minimum atomic E-state index is -1.28. The predicted octanol–water partition coefficient (Wildman–Crippen LogP) is 5.29. The second kappa shape index (κ2) is 10.2. The number of methoxy groups -OCH3 is 1. The van der Waals surface area contributed by atoms with Crippen molar-refractivity contribution in [2.75, 3.05) is 7.11 Å². The molecule has 0 saturated carbocycles. The summed E-state index contributed by atoms with van der Waals surface area (Å²) >= 11 is 0. The van der Waals surface area contributed by atoms with Crippen LogP contribution >= 0.6 is 0 Å². The Kier molecular flexibility index (Phi) is 6.16. The fourth-order valence-corrected chi connectivity index (χ4v) is 5.58. The number of benzene rings is 4.